The Balaban J connectivity index is 2.45. The first-order valence-electron chi connectivity index (χ1n) is 7.01. The van der Waals surface area contributed by atoms with Gasteiger partial charge in [-0.05, 0) is 37.6 Å². The fraction of sp³-hybridized carbons (Fsp3) is 0.375. The minimum Gasteiger partial charge on any atom is -0.373 e. The molecule has 0 spiro atoms. The molecule has 1 aromatic carbocycles. The number of anilines is 3. The SMILES string of the molecule is CNc1nc(C(C)C)nc(Nc2ccc(F)cc2C)c1C. The monoisotopic (exact) mass is 288 g/mol. The summed E-state index contributed by atoms with van der Waals surface area (Å²) in [7, 11) is 1.84. The molecular formula is C16H21FN4. The molecule has 0 bridgehead atoms. The van der Waals surface area contributed by atoms with Gasteiger partial charge >= 0.3 is 0 Å². The maximum absolute atomic E-state index is 13.2. The lowest BCUT2D eigenvalue weighted by atomic mass is 10.1. The number of nitrogens with one attached hydrogen (secondary N) is 2. The summed E-state index contributed by atoms with van der Waals surface area (Å²) in [5, 5.41) is 6.37. The smallest absolute Gasteiger partial charge is 0.139 e. The van der Waals surface area contributed by atoms with Crippen molar-refractivity contribution in [1.29, 1.82) is 0 Å². The molecule has 1 aromatic heterocycles. The van der Waals surface area contributed by atoms with E-state index in [1.807, 2.05) is 20.9 Å². The molecule has 0 unspecified atom stereocenters. The Morgan fingerprint density at radius 1 is 1.10 bits per heavy atom. The molecule has 0 aliphatic heterocycles. The largest absolute Gasteiger partial charge is 0.373 e. The highest BCUT2D eigenvalue weighted by atomic mass is 19.1. The van der Waals surface area contributed by atoms with Gasteiger partial charge in [0, 0.05) is 24.2 Å². The lowest BCUT2D eigenvalue weighted by molar-refractivity contribution is 0.627. The van der Waals surface area contributed by atoms with Gasteiger partial charge in [0.1, 0.15) is 23.3 Å². The van der Waals surface area contributed by atoms with E-state index >= 15 is 0 Å². The number of halogens is 1. The predicted molar refractivity (Wildman–Crippen MR) is 84.8 cm³/mol. The fourth-order valence-electron chi connectivity index (χ4n) is 2.05. The van der Waals surface area contributed by atoms with Crippen molar-refractivity contribution in [3.05, 3.63) is 41.0 Å². The van der Waals surface area contributed by atoms with Gasteiger partial charge in [-0.15, -0.1) is 0 Å². The van der Waals surface area contributed by atoms with E-state index in [2.05, 4.69) is 34.4 Å². The molecule has 5 heteroatoms. The van der Waals surface area contributed by atoms with Crippen LogP contribution in [0, 0.1) is 19.7 Å². The average molecular weight is 288 g/mol. The maximum atomic E-state index is 13.2. The number of rotatable bonds is 4. The Morgan fingerprint density at radius 2 is 1.76 bits per heavy atom. The molecule has 112 valence electrons. The predicted octanol–water partition coefficient (Wildman–Crippen LogP) is 4.14. The van der Waals surface area contributed by atoms with Crippen LogP contribution < -0.4 is 10.6 Å². The van der Waals surface area contributed by atoms with E-state index in [1.165, 1.54) is 12.1 Å². The third-order valence-electron chi connectivity index (χ3n) is 3.36. The average Bonchev–Trinajstić information content (AvgIpc) is 2.43. The number of hydrogen-bond acceptors (Lipinski definition) is 4. The molecule has 0 amide bonds. The molecular weight excluding hydrogens is 267 g/mol. The van der Waals surface area contributed by atoms with Crippen LogP contribution in [-0.2, 0) is 0 Å². The van der Waals surface area contributed by atoms with Crippen molar-refractivity contribution in [1.82, 2.24) is 9.97 Å². The topological polar surface area (TPSA) is 49.8 Å². The third kappa shape index (κ3) is 3.29. The van der Waals surface area contributed by atoms with Crippen LogP contribution in [0.2, 0.25) is 0 Å². The van der Waals surface area contributed by atoms with Gasteiger partial charge < -0.3 is 10.6 Å². The van der Waals surface area contributed by atoms with Gasteiger partial charge in [0.25, 0.3) is 0 Å². The first-order valence-corrected chi connectivity index (χ1v) is 7.01. The zero-order valence-electron chi connectivity index (χ0n) is 13.1. The molecule has 2 aromatic rings. The first-order chi connectivity index (χ1) is 9.92. The molecule has 2 N–H and O–H groups in total. The Morgan fingerprint density at radius 3 is 2.33 bits per heavy atom. The summed E-state index contributed by atoms with van der Waals surface area (Å²) in [6, 6.07) is 4.66. The summed E-state index contributed by atoms with van der Waals surface area (Å²) < 4.78 is 13.2. The third-order valence-corrected chi connectivity index (χ3v) is 3.36. The second kappa shape index (κ2) is 6.08. The lowest BCUT2D eigenvalue weighted by Crippen LogP contribution is -2.08. The van der Waals surface area contributed by atoms with Crippen LogP contribution in [0.4, 0.5) is 21.7 Å². The van der Waals surface area contributed by atoms with Crippen molar-refractivity contribution in [2.45, 2.75) is 33.6 Å². The second-order valence-corrected chi connectivity index (χ2v) is 5.39. The number of aromatic nitrogens is 2. The Labute approximate surface area is 124 Å². The normalized spacial score (nSPS) is 10.8. The minimum absolute atomic E-state index is 0.229. The number of aryl methyl sites for hydroxylation is 1. The van der Waals surface area contributed by atoms with Crippen LogP contribution in [0.25, 0.3) is 0 Å². The van der Waals surface area contributed by atoms with Crippen molar-refractivity contribution in [2.24, 2.45) is 0 Å². The van der Waals surface area contributed by atoms with E-state index in [1.54, 1.807) is 6.07 Å². The molecule has 4 nitrogen and oxygen atoms in total. The standard InChI is InChI=1S/C16H21FN4/c1-9(2)14-20-15(18-5)11(4)16(21-14)19-13-7-6-12(17)8-10(13)3/h6-9H,1-5H3,(H2,18,19,20,21). The number of nitrogens with zero attached hydrogens (tertiary/aromatic N) is 2. The molecule has 0 saturated carbocycles. The zero-order chi connectivity index (χ0) is 15.6. The summed E-state index contributed by atoms with van der Waals surface area (Å²) in [5.41, 5.74) is 2.62. The summed E-state index contributed by atoms with van der Waals surface area (Å²) >= 11 is 0. The van der Waals surface area contributed by atoms with Gasteiger partial charge in [-0.3, -0.25) is 0 Å². The van der Waals surface area contributed by atoms with Crippen LogP contribution in [-0.4, -0.2) is 17.0 Å². The van der Waals surface area contributed by atoms with Crippen LogP contribution in [0.3, 0.4) is 0 Å². The van der Waals surface area contributed by atoms with Crippen LogP contribution in [0.1, 0.15) is 36.7 Å². The summed E-state index contributed by atoms with van der Waals surface area (Å²) in [4.78, 5) is 9.09. The Kier molecular flexibility index (Phi) is 4.40. The van der Waals surface area contributed by atoms with Gasteiger partial charge in [-0.25, -0.2) is 14.4 Å². The minimum atomic E-state index is -0.240. The second-order valence-electron chi connectivity index (χ2n) is 5.39. The maximum Gasteiger partial charge on any atom is 0.139 e. The summed E-state index contributed by atoms with van der Waals surface area (Å²) in [5.74, 6) is 2.31. The van der Waals surface area contributed by atoms with E-state index in [0.717, 1.165) is 34.3 Å². The van der Waals surface area contributed by atoms with Gasteiger partial charge in [-0.2, -0.15) is 0 Å². The van der Waals surface area contributed by atoms with Crippen LogP contribution >= 0.6 is 0 Å². The Hall–Kier alpha value is -2.17. The van der Waals surface area contributed by atoms with Crippen molar-refractivity contribution < 1.29 is 4.39 Å². The summed E-state index contributed by atoms with van der Waals surface area (Å²) in [6.45, 7) is 7.93. The quantitative estimate of drug-likeness (QED) is 0.887. The fourth-order valence-corrected chi connectivity index (χ4v) is 2.05. The molecule has 2 rings (SSSR count). The molecule has 0 radical (unpaired) electrons. The van der Waals surface area contributed by atoms with Crippen LogP contribution in [0.5, 0.6) is 0 Å². The van der Waals surface area contributed by atoms with Gasteiger partial charge in [-0.1, -0.05) is 13.8 Å². The highest BCUT2D eigenvalue weighted by Gasteiger charge is 2.13. The summed E-state index contributed by atoms with van der Waals surface area (Å²) in [6.07, 6.45) is 0. The highest BCUT2D eigenvalue weighted by Crippen LogP contribution is 2.27. The van der Waals surface area contributed by atoms with Crippen molar-refractivity contribution in [3.63, 3.8) is 0 Å². The lowest BCUT2D eigenvalue weighted by Gasteiger charge is -2.16. The molecule has 0 atom stereocenters. The molecule has 0 saturated heterocycles. The van der Waals surface area contributed by atoms with E-state index in [9.17, 15) is 4.39 Å². The van der Waals surface area contributed by atoms with Gasteiger partial charge in [0.2, 0.25) is 0 Å². The van der Waals surface area contributed by atoms with Crippen molar-refractivity contribution in [3.8, 4) is 0 Å². The zero-order valence-corrected chi connectivity index (χ0v) is 13.1. The highest BCUT2D eigenvalue weighted by molar-refractivity contribution is 5.66. The van der Waals surface area contributed by atoms with E-state index < -0.39 is 0 Å². The molecule has 0 aliphatic carbocycles. The van der Waals surface area contributed by atoms with E-state index in [0.29, 0.717) is 0 Å². The molecule has 1 heterocycles. The van der Waals surface area contributed by atoms with Crippen LogP contribution in [0.15, 0.2) is 18.2 Å². The van der Waals surface area contributed by atoms with Crippen molar-refractivity contribution in [2.75, 3.05) is 17.7 Å². The number of hydrogen-bond donors (Lipinski definition) is 2. The van der Waals surface area contributed by atoms with Gasteiger partial charge in [0.15, 0.2) is 0 Å². The molecule has 21 heavy (non-hydrogen) atoms. The number of benzene rings is 1. The molecule has 0 fully saturated rings. The Bertz CT molecular complexity index is 653. The van der Waals surface area contributed by atoms with Crippen molar-refractivity contribution >= 4 is 17.3 Å². The molecule has 0 aliphatic rings. The van der Waals surface area contributed by atoms with E-state index in [-0.39, 0.29) is 11.7 Å². The first kappa shape index (κ1) is 15.2. The van der Waals surface area contributed by atoms with E-state index in [4.69, 9.17) is 0 Å². The van der Waals surface area contributed by atoms with Gasteiger partial charge in [0.05, 0.1) is 0 Å².